The van der Waals surface area contributed by atoms with E-state index in [9.17, 15) is 0 Å². The van der Waals surface area contributed by atoms with Crippen molar-refractivity contribution in [3.63, 3.8) is 0 Å². The van der Waals surface area contributed by atoms with E-state index in [-0.39, 0.29) is 6.61 Å². The summed E-state index contributed by atoms with van der Waals surface area (Å²) in [6, 6.07) is -0.833. The summed E-state index contributed by atoms with van der Waals surface area (Å²) in [5.74, 6) is 0. The molecule has 0 saturated heterocycles. The monoisotopic (exact) mass is 138 g/mol. The molecule has 58 valence electrons. The normalized spacial score (nSPS) is 5.33. The molecule has 0 bridgehead atoms. The van der Waals surface area contributed by atoms with Gasteiger partial charge in [0.05, 0.1) is 0 Å². The van der Waals surface area contributed by atoms with Gasteiger partial charge < -0.3 is 21.7 Å². The van der Waals surface area contributed by atoms with Crippen LogP contribution in [0.2, 0.25) is 0 Å². The van der Waals surface area contributed by atoms with E-state index in [2.05, 4.69) is 11.5 Å². The fourth-order valence-corrected chi connectivity index (χ4v) is 0. The molecule has 0 unspecified atom stereocenters. The van der Waals surface area contributed by atoms with Gasteiger partial charge in [0, 0.05) is 13.7 Å². The second kappa shape index (κ2) is 27.1. The Balaban J connectivity index is -0.0000000646. The summed E-state index contributed by atoms with van der Waals surface area (Å²) >= 11 is 0. The van der Waals surface area contributed by atoms with Gasteiger partial charge in [0.2, 0.25) is 0 Å². The molecule has 0 rings (SSSR count). The Morgan fingerprint density at radius 1 is 1.44 bits per heavy atom. The molecule has 0 aromatic heterocycles. The van der Waals surface area contributed by atoms with Crippen molar-refractivity contribution in [2.24, 2.45) is 11.5 Å². The SMILES string of the molecule is CCO.CO.NC(N)=O. The highest BCUT2D eigenvalue weighted by Crippen LogP contribution is 1.30. The molecule has 0 atom stereocenters. The van der Waals surface area contributed by atoms with Crippen LogP contribution in [0.1, 0.15) is 6.92 Å². The fraction of sp³-hybridized carbons (Fsp3) is 0.750. The van der Waals surface area contributed by atoms with E-state index in [4.69, 9.17) is 15.0 Å². The number of carbonyl (C=O) groups excluding carboxylic acids is 1. The van der Waals surface area contributed by atoms with Gasteiger partial charge >= 0.3 is 6.03 Å². The second-order valence-corrected chi connectivity index (χ2v) is 0.719. The van der Waals surface area contributed by atoms with E-state index in [0.29, 0.717) is 0 Å². The Hall–Kier alpha value is -0.810. The van der Waals surface area contributed by atoms with Crippen molar-refractivity contribution < 1.29 is 15.0 Å². The van der Waals surface area contributed by atoms with E-state index >= 15 is 0 Å². The molecule has 0 radical (unpaired) electrons. The standard InChI is InChI=1S/C2H6O.CH4N2O.CH4O/c1-2-3;2-1(3)4;1-2/h3H,2H2,1H3;(H4,2,3,4);2H,1H3. The van der Waals surface area contributed by atoms with E-state index in [1.165, 1.54) is 0 Å². The van der Waals surface area contributed by atoms with Gasteiger partial charge in [-0.3, -0.25) is 0 Å². The van der Waals surface area contributed by atoms with Crippen molar-refractivity contribution in [2.75, 3.05) is 13.7 Å². The molecule has 0 aliphatic heterocycles. The maximum atomic E-state index is 9.00. The lowest BCUT2D eigenvalue weighted by Crippen LogP contribution is -2.18. The lowest BCUT2D eigenvalue weighted by Gasteiger charge is -1.62. The average Bonchev–Trinajstić information content (AvgIpc) is 1.71. The number of nitrogens with two attached hydrogens (primary N) is 2. The summed E-state index contributed by atoms with van der Waals surface area (Å²) in [7, 11) is 1.00. The molecular weight excluding hydrogens is 124 g/mol. The van der Waals surface area contributed by atoms with Crippen molar-refractivity contribution in [3.8, 4) is 0 Å². The van der Waals surface area contributed by atoms with Gasteiger partial charge in [0.15, 0.2) is 0 Å². The average molecular weight is 138 g/mol. The summed E-state index contributed by atoms with van der Waals surface area (Å²) in [5, 5.41) is 14.6. The molecule has 0 fully saturated rings. The first kappa shape index (κ1) is 15.7. The number of urea groups is 1. The van der Waals surface area contributed by atoms with Crippen LogP contribution in [-0.2, 0) is 0 Å². The van der Waals surface area contributed by atoms with Gasteiger partial charge in [-0.2, -0.15) is 0 Å². The predicted molar refractivity (Wildman–Crippen MR) is 34.7 cm³/mol. The molecule has 9 heavy (non-hydrogen) atoms. The molecule has 5 heteroatoms. The zero-order chi connectivity index (χ0) is 8.28. The van der Waals surface area contributed by atoms with Crippen molar-refractivity contribution in [2.45, 2.75) is 6.92 Å². The number of rotatable bonds is 0. The number of hydrogen-bond acceptors (Lipinski definition) is 3. The van der Waals surface area contributed by atoms with E-state index in [1.807, 2.05) is 0 Å². The lowest BCUT2D eigenvalue weighted by atomic mass is 10.9. The van der Waals surface area contributed by atoms with Crippen molar-refractivity contribution >= 4 is 6.03 Å². The third kappa shape index (κ3) is 295. The second-order valence-electron chi connectivity index (χ2n) is 0.719. The Labute approximate surface area is 54.3 Å². The van der Waals surface area contributed by atoms with E-state index in [1.54, 1.807) is 6.92 Å². The first-order chi connectivity index (χ1) is 4.15. The lowest BCUT2D eigenvalue weighted by molar-refractivity contribution is 0.256. The maximum Gasteiger partial charge on any atom is 0.309 e. The highest BCUT2D eigenvalue weighted by molar-refractivity contribution is 5.69. The Bertz CT molecular complexity index is 45.1. The fourth-order valence-electron chi connectivity index (χ4n) is 0. The van der Waals surface area contributed by atoms with Crippen LogP contribution >= 0.6 is 0 Å². The van der Waals surface area contributed by atoms with Crippen molar-refractivity contribution in [1.82, 2.24) is 0 Å². The minimum absolute atomic E-state index is 0.250. The number of hydrogen-bond donors (Lipinski definition) is 4. The number of aliphatic hydroxyl groups excluding tert-OH is 2. The first-order valence-corrected chi connectivity index (χ1v) is 2.25. The van der Waals surface area contributed by atoms with Crippen LogP contribution in [0.3, 0.4) is 0 Å². The van der Waals surface area contributed by atoms with E-state index in [0.717, 1.165) is 7.11 Å². The number of carbonyl (C=O) groups is 1. The number of primary amides is 2. The van der Waals surface area contributed by atoms with Crippen LogP contribution in [0.4, 0.5) is 4.79 Å². The quantitative estimate of drug-likeness (QED) is 0.331. The summed E-state index contributed by atoms with van der Waals surface area (Å²) in [6.07, 6.45) is 0. The predicted octanol–water partition coefficient (Wildman–Crippen LogP) is -1.37. The smallest absolute Gasteiger partial charge is 0.309 e. The largest absolute Gasteiger partial charge is 0.400 e. The molecule has 0 aliphatic rings. The summed E-state index contributed by atoms with van der Waals surface area (Å²) in [5.41, 5.74) is 8.50. The first-order valence-electron chi connectivity index (χ1n) is 2.25. The van der Waals surface area contributed by atoms with Gasteiger partial charge in [0.1, 0.15) is 0 Å². The molecule has 0 aromatic rings. The molecule has 5 nitrogen and oxygen atoms in total. The molecule has 0 heterocycles. The minimum Gasteiger partial charge on any atom is -0.400 e. The third-order valence-corrected chi connectivity index (χ3v) is 0. The summed E-state index contributed by atoms with van der Waals surface area (Å²) in [4.78, 5) is 9.00. The van der Waals surface area contributed by atoms with Crippen LogP contribution in [0, 0.1) is 0 Å². The Kier molecular flexibility index (Phi) is 47.3. The van der Waals surface area contributed by atoms with Crippen molar-refractivity contribution in [3.05, 3.63) is 0 Å². The van der Waals surface area contributed by atoms with Gasteiger partial charge in [-0.1, -0.05) is 0 Å². The number of amides is 2. The van der Waals surface area contributed by atoms with Gasteiger partial charge in [-0.15, -0.1) is 0 Å². The Morgan fingerprint density at radius 3 is 1.44 bits per heavy atom. The number of aliphatic hydroxyl groups is 2. The minimum atomic E-state index is -0.833. The van der Waals surface area contributed by atoms with Crippen LogP contribution in [0.5, 0.6) is 0 Å². The summed E-state index contributed by atoms with van der Waals surface area (Å²) < 4.78 is 0. The van der Waals surface area contributed by atoms with Gasteiger partial charge in [-0.05, 0) is 6.92 Å². The highest BCUT2D eigenvalue weighted by Gasteiger charge is 1.60. The van der Waals surface area contributed by atoms with Crippen molar-refractivity contribution in [1.29, 1.82) is 0 Å². The molecule has 0 saturated carbocycles. The maximum absolute atomic E-state index is 9.00. The molecule has 6 N–H and O–H groups in total. The zero-order valence-corrected chi connectivity index (χ0v) is 5.66. The molecule has 2 amide bonds. The van der Waals surface area contributed by atoms with Crippen LogP contribution in [-0.4, -0.2) is 30.0 Å². The van der Waals surface area contributed by atoms with E-state index < -0.39 is 6.03 Å². The molecule has 0 aromatic carbocycles. The molecule has 0 aliphatic carbocycles. The van der Waals surface area contributed by atoms with Crippen LogP contribution in [0.15, 0.2) is 0 Å². The highest BCUT2D eigenvalue weighted by atomic mass is 16.2. The van der Waals surface area contributed by atoms with Gasteiger partial charge in [0.25, 0.3) is 0 Å². The topological polar surface area (TPSA) is 110 Å². The summed E-state index contributed by atoms with van der Waals surface area (Å²) in [6.45, 7) is 1.93. The van der Waals surface area contributed by atoms with Crippen LogP contribution in [0.25, 0.3) is 0 Å². The zero-order valence-electron chi connectivity index (χ0n) is 5.66. The van der Waals surface area contributed by atoms with Crippen LogP contribution < -0.4 is 11.5 Å². The molecule has 0 spiro atoms. The van der Waals surface area contributed by atoms with Gasteiger partial charge in [-0.25, -0.2) is 4.79 Å². The molecular formula is C4H14N2O3. The third-order valence-electron chi connectivity index (χ3n) is 0. The Morgan fingerprint density at radius 2 is 1.44 bits per heavy atom.